The summed E-state index contributed by atoms with van der Waals surface area (Å²) in [5, 5.41) is 41.9. The minimum Gasteiger partial charge on any atom is -0.481 e. The van der Waals surface area contributed by atoms with Crippen LogP contribution in [-0.4, -0.2) is 63.2 Å². The molecule has 7 nitrogen and oxygen atoms in total. The van der Waals surface area contributed by atoms with Crippen LogP contribution in [-0.2, 0) is 14.3 Å². The Bertz CT molecular complexity index is 1140. The van der Waals surface area contributed by atoms with E-state index in [0.717, 1.165) is 64.2 Å². The second-order valence-corrected chi connectivity index (χ2v) is 17.3. The maximum Gasteiger partial charge on any atom is 0.309 e. The van der Waals surface area contributed by atoms with Gasteiger partial charge in [0.1, 0.15) is 18.3 Å². The summed E-state index contributed by atoms with van der Waals surface area (Å²) in [7, 11) is 0. The fourth-order valence-electron chi connectivity index (χ4n) is 13.0. The molecule has 6 fully saturated rings. The second-order valence-electron chi connectivity index (χ2n) is 17.3. The molecule has 43 heavy (non-hydrogen) atoms. The average molecular weight is 603 g/mol. The number of aliphatic carboxylic acids is 1. The maximum absolute atomic E-state index is 12.9. The first kappa shape index (κ1) is 32.0. The monoisotopic (exact) mass is 602 g/mol. The number of carbonyl (C=O) groups is 1. The summed E-state index contributed by atoms with van der Waals surface area (Å²) < 4.78 is 12.4. The molecular weight excluding hydrogens is 544 g/mol. The van der Waals surface area contributed by atoms with E-state index in [4.69, 9.17) is 9.47 Å². The number of hydrogen-bond donors (Lipinski definition) is 4. The highest BCUT2D eigenvalue weighted by molar-refractivity contribution is 5.76. The predicted octanol–water partition coefficient (Wildman–Crippen LogP) is 5.94. The molecule has 0 aromatic rings. The lowest BCUT2D eigenvalue weighted by molar-refractivity contribution is -0.326. The van der Waals surface area contributed by atoms with Crippen molar-refractivity contribution in [2.24, 2.45) is 56.7 Å². The summed E-state index contributed by atoms with van der Waals surface area (Å²) in [6.45, 7) is 20.5. The van der Waals surface area contributed by atoms with Gasteiger partial charge in [0, 0.05) is 0 Å². The Morgan fingerprint density at radius 2 is 1.51 bits per heavy atom. The molecule has 4 N–H and O–H groups in total. The lowest BCUT2D eigenvalue weighted by atomic mass is 9.32. The predicted molar refractivity (Wildman–Crippen MR) is 164 cm³/mol. The normalized spacial score (nSPS) is 55.8. The van der Waals surface area contributed by atoms with Gasteiger partial charge in [0.25, 0.3) is 0 Å². The Morgan fingerprint density at radius 3 is 2.16 bits per heavy atom. The molecule has 15 unspecified atom stereocenters. The average Bonchev–Trinajstić information content (AvgIpc) is 3.34. The Morgan fingerprint density at radius 1 is 0.814 bits per heavy atom. The first-order valence-corrected chi connectivity index (χ1v) is 17.2. The van der Waals surface area contributed by atoms with E-state index in [1.54, 1.807) is 6.92 Å². The quantitative estimate of drug-likeness (QED) is 0.232. The maximum atomic E-state index is 12.9. The molecule has 0 aromatic heterocycles. The molecule has 0 amide bonds. The van der Waals surface area contributed by atoms with E-state index < -0.39 is 42.1 Å². The minimum atomic E-state index is -1.29. The molecule has 0 spiro atoms. The highest BCUT2D eigenvalue weighted by Crippen LogP contribution is 2.77. The smallest absolute Gasteiger partial charge is 0.309 e. The molecule has 0 bridgehead atoms. The van der Waals surface area contributed by atoms with Gasteiger partial charge in [-0.1, -0.05) is 46.8 Å². The SMILES string of the molecule is C=C(C)C1CCC2(C(=O)O)CCC3(C)C(CCC4C5(C)CCC(OC6OC(C)C(O)C(O)C6O)C(C)(C)C5CCC43C)C12. The third-order valence-corrected chi connectivity index (χ3v) is 15.5. The molecule has 1 saturated heterocycles. The van der Waals surface area contributed by atoms with E-state index in [1.165, 1.54) is 5.57 Å². The van der Waals surface area contributed by atoms with Gasteiger partial charge in [0.2, 0.25) is 0 Å². The van der Waals surface area contributed by atoms with Crippen molar-refractivity contribution >= 4 is 5.97 Å². The molecule has 0 radical (unpaired) electrons. The van der Waals surface area contributed by atoms with Crippen LogP contribution in [0.5, 0.6) is 0 Å². The van der Waals surface area contributed by atoms with Gasteiger partial charge in [-0.25, -0.2) is 0 Å². The number of rotatable bonds is 4. The van der Waals surface area contributed by atoms with E-state index >= 15 is 0 Å². The number of carboxylic acids is 1. The van der Waals surface area contributed by atoms with E-state index in [2.05, 4.69) is 48.1 Å². The molecule has 244 valence electrons. The first-order valence-electron chi connectivity index (χ1n) is 17.2. The second kappa shape index (κ2) is 10.3. The number of allylic oxidation sites excluding steroid dienone is 1. The van der Waals surface area contributed by atoms with Crippen molar-refractivity contribution in [1.82, 2.24) is 0 Å². The fraction of sp³-hybridized carbons (Fsp3) is 0.917. The molecule has 6 aliphatic rings. The topological polar surface area (TPSA) is 116 Å². The van der Waals surface area contributed by atoms with E-state index in [-0.39, 0.29) is 33.7 Å². The number of carboxylic acid groups (broad SMARTS) is 1. The summed E-state index contributed by atoms with van der Waals surface area (Å²) >= 11 is 0. The van der Waals surface area contributed by atoms with Gasteiger partial charge >= 0.3 is 5.97 Å². The highest BCUT2D eigenvalue weighted by Gasteiger charge is 2.72. The lowest BCUT2D eigenvalue weighted by Crippen LogP contribution is -2.67. The third-order valence-electron chi connectivity index (χ3n) is 15.5. The number of ether oxygens (including phenoxy) is 2. The van der Waals surface area contributed by atoms with Crippen LogP contribution < -0.4 is 0 Å². The molecular formula is C36H58O7. The van der Waals surface area contributed by atoms with Gasteiger partial charge in [-0.3, -0.25) is 4.79 Å². The molecule has 6 rings (SSSR count). The molecule has 1 aliphatic heterocycles. The zero-order valence-corrected chi connectivity index (χ0v) is 27.6. The zero-order valence-electron chi connectivity index (χ0n) is 27.6. The first-order chi connectivity index (χ1) is 20.0. The Labute approximate surface area is 258 Å². The number of hydrogen-bond acceptors (Lipinski definition) is 6. The molecule has 7 heteroatoms. The summed E-state index contributed by atoms with van der Waals surface area (Å²) in [5.41, 5.74) is 0.767. The van der Waals surface area contributed by atoms with Crippen LogP contribution in [0.1, 0.15) is 113 Å². The van der Waals surface area contributed by atoms with Gasteiger partial charge in [-0.15, -0.1) is 0 Å². The summed E-state index contributed by atoms with van der Waals surface area (Å²) in [5.74, 6) is 1.30. The van der Waals surface area contributed by atoms with Crippen molar-refractivity contribution in [2.45, 2.75) is 149 Å². The zero-order chi connectivity index (χ0) is 31.5. The van der Waals surface area contributed by atoms with Gasteiger partial charge in [-0.05, 0) is 129 Å². The minimum absolute atomic E-state index is 0.0935. The van der Waals surface area contributed by atoms with Crippen molar-refractivity contribution in [3.63, 3.8) is 0 Å². The van der Waals surface area contributed by atoms with Gasteiger partial charge in [0.05, 0.1) is 17.6 Å². The number of aliphatic hydroxyl groups excluding tert-OH is 3. The van der Waals surface area contributed by atoms with Crippen LogP contribution >= 0.6 is 0 Å². The molecule has 5 saturated carbocycles. The largest absolute Gasteiger partial charge is 0.481 e. The van der Waals surface area contributed by atoms with Crippen LogP contribution in [0, 0.1) is 56.7 Å². The van der Waals surface area contributed by atoms with E-state index in [1.807, 2.05) is 0 Å². The van der Waals surface area contributed by atoms with Crippen molar-refractivity contribution in [2.75, 3.05) is 0 Å². The Kier molecular flexibility index (Phi) is 7.62. The van der Waals surface area contributed by atoms with Crippen molar-refractivity contribution in [1.29, 1.82) is 0 Å². The van der Waals surface area contributed by atoms with Crippen molar-refractivity contribution in [3.8, 4) is 0 Å². The summed E-state index contributed by atoms with van der Waals surface area (Å²) in [6, 6.07) is 0. The van der Waals surface area contributed by atoms with E-state index in [9.17, 15) is 25.2 Å². The summed E-state index contributed by atoms with van der Waals surface area (Å²) in [4.78, 5) is 12.9. The molecule has 1 heterocycles. The Balaban J connectivity index is 1.28. The fourth-order valence-corrected chi connectivity index (χ4v) is 13.0. The van der Waals surface area contributed by atoms with E-state index in [0.29, 0.717) is 23.7 Å². The molecule has 15 atom stereocenters. The van der Waals surface area contributed by atoms with Crippen LogP contribution in [0.25, 0.3) is 0 Å². The van der Waals surface area contributed by atoms with Crippen LogP contribution in [0.3, 0.4) is 0 Å². The summed E-state index contributed by atoms with van der Waals surface area (Å²) in [6.07, 6.45) is 4.48. The number of fused-ring (bicyclic) bond motifs is 7. The lowest BCUT2D eigenvalue weighted by Gasteiger charge is -2.73. The van der Waals surface area contributed by atoms with Crippen LogP contribution in [0.15, 0.2) is 12.2 Å². The van der Waals surface area contributed by atoms with Crippen LogP contribution in [0.4, 0.5) is 0 Å². The number of aliphatic hydroxyl groups is 3. The standard InChI is InChI=1S/C36H58O7/c1-19(2)21-11-16-36(31(40)41)18-17-34(7)22(26(21)36)9-10-24-33(6)14-13-25(32(4,5)23(33)12-15-35(24,34)8)43-30-29(39)28(38)27(37)20(3)42-30/h20-30,37-39H,1,9-18H2,2-8H3,(H,40,41). The van der Waals surface area contributed by atoms with Crippen molar-refractivity contribution < 1.29 is 34.7 Å². The highest BCUT2D eigenvalue weighted by atomic mass is 16.7. The molecule has 0 aromatic carbocycles. The Hall–Kier alpha value is -0.990. The van der Waals surface area contributed by atoms with Gasteiger partial charge in [-0.2, -0.15) is 0 Å². The van der Waals surface area contributed by atoms with Gasteiger partial charge < -0.3 is 29.9 Å². The third kappa shape index (κ3) is 4.19. The molecule has 5 aliphatic carbocycles. The van der Waals surface area contributed by atoms with Crippen LogP contribution in [0.2, 0.25) is 0 Å². The van der Waals surface area contributed by atoms with Crippen molar-refractivity contribution in [3.05, 3.63) is 12.2 Å². The van der Waals surface area contributed by atoms with Gasteiger partial charge in [0.15, 0.2) is 6.29 Å².